The third kappa shape index (κ3) is 6.82. The van der Waals surface area contributed by atoms with E-state index in [9.17, 15) is 9.90 Å². The van der Waals surface area contributed by atoms with Gasteiger partial charge in [-0.3, -0.25) is 9.69 Å². The van der Waals surface area contributed by atoms with E-state index >= 15 is 0 Å². The number of aliphatic hydroxyl groups excluding tert-OH is 1. The molecule has 0 spiro atoms. The minimum Gasteiger partial charge on any atom is -0.392 e. The fourth-order valence-electron chi connectivity index (χ4n) is 4.56. The van der Waals surface area contributed by atoms with Crippen LogP contribution < -0.4 is 16.0 Å². The van der Waals surface area contributed by atoms with Gasteiger partial charge in [0.25, 0.3) is 0 Å². The number of aliphatic hydroxyl groups is 1. The lowest BCUT2D eigenvalue weighted by molar-refractivity contribution is 0.0357. The van der Waals surface area contributed by atoms with Crippen LogP contribution in [0, 0.1) is 6.92 Å². The second-order valence-electron chi connectivity index (χ2n) is 9.57. The Morgan fingerprint density at radius 1 is 1.19 bits per heavy atom. The number of ether oxygens (including phenoxy) is 1. The molecule has 9 nitrogen and oxygen atoms in total. The molecule has 1 amide bonds. The molecule has 4 N–H and O–H groups in total. The molecule has 2 aromatic carbocycles. The third-order valence-electron chi connectivity index (χ3n) is 6.76. The molecule has 1 aliphatic heterocycles. The van der Waals surface area contributed by atoms with Crippen LogP contribution in [0.3, 0.4) is 0 Å². The average molecular weight is 505 g/mol. The van der Waals surface area contributed by atoms with Crippen LogP contribution in [0.25, 0.3) is 0 Å². The molecule has 1 atom stereocenters. The predicted octanol–water partition coefficient (Wildman–Crippen LogP) is 3.19. The van der Waals surface area contributed by atoms with E-state index in [1.165, 1.54) is 0 Å². The normalized spacial score (nSPS) is 14.8. The van der Waals surface area contributed by atoms with E-state index in [0.717, 1.165) is 66.6 Å². The topological polar surface area (TPSA) is 117 Å². The van der Waals surface area contributed by atoms with Crippen molar-refractivity contribution in [2.45, 2.75) is 32.9 Å². The zero-order chi connectivity index (χ0) is 26.4. The molecule has 0 aliphatic carbocycles. The van der Waals surface area contributed by atoms with Crippen LogP contribution in [0.4, 0.5) is 17.5 Å². The maximum absolute atomic E-state index is 12.0. The van der Waals surface area contributed by atoms with Crippen LogP contribution in [0.2, 0.25) is 0 Å². The van der Waals surface area contributed by atoms with E-state index in [1.807, 2.05) is 55.3 Å². The van der Waals surface area contributed by atoms with Crippen molar-refractivity contribution in [2.24, 2.45) is 5.73 Å². The van der Waals surface area contributed by atoms with Crippen LogP contribution in [0.1, 0.15) is 45.5 Å². The van der Waals surface area contributed by atoms with E-state index in [4.69, 9.17) is 10.5 Å². The van der Waals surface area contributed by atoms with Gasteiger partial charge in [-0.2, -0.15) is 4.98 Å². The molecular weight excluding hydrogens is 468 g/mol. The number of carbonyl (C=O) groups is 1. The Morgan fingerprint density at radius 2 is 1.97 bits per heavy atom. The second-order valence-corrected chi connectivity index (χ2v) is 9.57. The first-order valence-corrected chi connectivity index (χ1v) is 12.6. The van der Waals surface area contributed by atoms with E-state index in [2.05, 4.69) is 33.2 Å². The second kappa shape index (κ2) is 12.1. The van der Waals surface area contributed by atoms with Gasteiger partial charge in [-0.25, -0.2) is 4.98 Å². The molecule has 0 radical (unpaired) electrons. The highest BCUT2D eigenvalue weighted by Gasteiger charge is 2.17. The molecule has 1 aromatic heterocycles. The summed E-state index contributed by atoms with van der Waals surface area (Å²) < 4.78 is 5.46. The largest absolute Gasteiger partial charge is 0.392 e. The number of amides is 1. The van der Waals surface area contributed by atoms with E-state index in [-0.39, 0.29) is 12.5 Å². The van der Waals surface area contributed by atoms with Gasteiger partial charge in [-0.15, -0.1) is 0 Å². The van der Waals surface area contributed by atoms with E-state index in [1.54, 1.807) is 6.20 Å². The number of nitrogens with two attached hydrogens (primary N) is 1. The first kappa shape index (κ1) is 26.5. The predicted molar refractivity (Wildman–Crippen MR) is 145 cm³/mol. The van der Waals surface area contributed by atoms with Crippen LogP contribution in [-0.2, 0) is 17.9 Å². The first-order chi connectivity index (χ1) is 17.8. The van der Waals surface area contributed by atoms with Gasteiger partial charge in [0.2, 0.25) is 11.9 Å². The van der Waals surface area contributed by atoms with Crippen LogP contribution >= 0.6 is 0 Å². The Kier molecular flexibility index (Phi) is 8.70. The number of nitrogens with one attached hydrogen (secondary N) is 1. The van der Waals surface area contributed by atoms with Crippen LogP contribution in [-0.4, -0.2) is 65.8 Å². The van der Waals surface area contributed by atoms with Crippen molar-refractivity contribution in [3.63, 3.8) is 0 Å². The summed E-state index contributed by atoms with van der Waals surface area (Å²) in [4.78, 5) is 25.5. The van der Waals surface area contributed by atoms with Crippen molar-refractivity contribution < 1.29 is 14.6 Å². The summed E-state index contributed by atoms with van der Waals surface area (Å²) in [6, 6.07) is 13.5. The van der Waals surface area contributed by atoms with Crippen molar-refractivity contribution in [3.8, 4) is 0 Å². The molecule has 1 aliphatic rings. The summed E-state index contributed by atoms with van der Waals surface area (Å²) in [7, 11) is 1.94. The van der Waals surface area contributed by atoms with Gasteiger partial charge in [0.1, 0.15) is 5.82 Å². The number of carbonyl (C=O) groups excluding carboxylic acids is 1. The quantitative estimate of drug-likeness (QED) is 0.385. The third-order valence-corrected chi connectivity index (χ3v) is 6.76. The molecule has 37 heavy (non-hydrogen) atoms. The molecule has 196 valence electrons. The number of rotatable bonds is 10. The first-order valence-electron chi connectivity index (χ1n) is 12.6. The minimum absolute atomic E-state index is 0.0187. The number of benzene rings is 2. The van der Waals surface area contributed by atoms with Gasteiger partial charge in [0, 0.05) is 50.7 Å². The standard InChI is InChI=1S/C28H36N6O3/c1-19-4-5-21(18-35)14-25(19)33(3)26-6-7-30-28(32-26)31-16-22-12-23(15-24(13-22)27(29)36)20(2)17-34-8-10-37-11-9-34/h4-7,12-15,20,35H,8-11,16-18H2,1-3H3,(H2,29,36)(H,30,31,32). The van der Waals surface area contributed by atoms with Crippen molar-refractivity contribution in [1.82, 2.24) is 14.9 Å². The summed E-state index contributed by atoms with van der Waals surface area (Å²) in [6.07, 6.45) is 1.71. The Bertz CT molecular complexity index is 1230. The zero-order valence-corrected chi connectivity index (χ0v) is 21.8. The number of hydrogen-bond donors (Lipinski definition) is 3. The summed E-state index contributed by atoms with van der Waals surface area (Å²) in [5.41, 5.74) is 11.0. The molecule has 1 fully saturated rings. The molecule has 9 heteroatoms. The SMILES string of the molecule is Cc1ccc(CO)cc1N(C)c1ccnc(NCc2cc(C(N)=O)cc(C(C)CN3CCOCC3)c2)n1. The number of aromatic nitrogens is 2. The minimum atomic E-state index is -0.443. The highest BCUT2D eigenvalue weighted by molar-refractivity contribution is 5.93. The van der Waals surface area contributed by atoms with Gasteiger partial charge in [0.15, 0.2) is 0 Å². The van der Waals surface area contributed by atoms with Gasteiger partial charge in [-0.1, -0.05) is 25.1 Å². The Hall–Kier alpha value is -3.53. The number of morpholine rings is 1. The average Bonchev–Trinajstić information content (AvgIpc) is 2.92. The fourth-order valence-corrected chi connectivity index (χ4v) is 4.56. The Labute approximate surface area is 218 Å². The lowest BCUT2D eigenvalue weighted by Gasteiger charge is -2.29. The van der Waals surface area contributed by atoms with E-state index < -0.39 is 5.91 Å². The molecule has 0 bridgehead atoms. The maximum Gasteiger partial charge on any atom is 0.248 e. The molecule has 4 rings (SSSR count). The summed E-state index contributed by atoms with van der Waals surface area (Å²) in [6.45, 7) is 8.86. The molecule has 1 unspecified atom stereocenters. The number of nitrogens with zero attached hydrogens (tertiary/aromatic N) is 4. The van der Waals surface area contributed by atoms with Crippen molar-refractivity contribution in [3.05, 3.63) is 76.5 Å². The van der Waals surface area contributed by atoms with Crippen molar-refractivity contribution >= 4 is 23.4 Å². The van der Waals surface area contributed by atoms with Gasteiger partial charge in [0.05, 0.1) is 19.8 Å². The molecular formula is C28H36N6O3. The summed E-state index contributed by atoms with van der Waals surface area (Å²) in [5, 5.41) is 12.8. The highest BCUT2D eigenvalue weighted by Crippen LogP contribution is 2.27. The maximum atomic E-state index is 12.0. The molecule has 2 heterocycles. The van der Waals surface area contributed by atoms with Gasteiger partial charge in [-0.05, 0) is 59.4 Å². The summed E-state index contributed by atoms with van der Waals surface area (Å²) >= 11 is 0. The highest BCUT2D eigenvalue weighted by atomic mass is 16.5. The van der Waals surface area contributed by atoms with Crippen LogP contribution in [0.15, 0.2) is 48.7 Å². The lowest BCUT2D eigenvalue weighted by atomic mass is 9.95. The Balaban J connectivity index is 1.49. The van der Waals surface area contributed by atoms with Crippen LogP contribution in [0.5, 0.6) is 0 Å². The van der Waals surface area contributed by atoms with Crippen molar-refractivity contribution in [2.75, 3.05) is 50.1 Å². The summed E-state index contributed by atoms with van der Waals surface area (Å²) in [5.74, 6) is 0.999. The molecule has 0 saturated carbocycles. The number of anilines is 3. The smallest absolute Gasteiger partial charge is 0.248 e. The van der Waals surface area contributed by atoms with Gasteiger partial charge >= 0.3 is 0 Å². The number of primary amides is 1. The Morgan fingerprint density at radius 3 is 2.70 bits per heavy atom. The molecule has 3 aromatic rings. The van der Waals surface area contributed by atoms with Crippen molar-refractivity contribution in [1.29, 1.82) is 0 Å². The zero-order valence-electron chi connectivity index (χ0n) is 21.8. The van der Waals surface area contributed by atoms with Gasteiger partial charge < -0.3 is 25.8 Å². The molecule has 1 saturated heterocycles. The fraction of sp³-hybridized carbons (Fsp3) is 0.393. The lowest BCUT2D eigenvalue weighted by Crippen LogP contribution is -2.38. The number of aryl methyl sites for hydroxylation is 1. The van der Waals surface area contributed by atoms with E-state index in [0.29, 0.717) is 18.1 Å². The number of hydrogen-bond acceptors (Lipinski definition) is 8. The monoisotopic (exact) mass is 504 g/mol.